The molecule has 0 aromatic heterocycles. The van der Waals surface area contributed by atoms with E-state index in [2.05, 4.69) is 19.2 Å². The van der Waals surface area contributed by atoms with Crippen molar-refractivity contribution in [3.8, 4) is 0 Å². The molecule has 0 aliphatic heterocycles. The van der Waals surface area contributed by atoms with E-state index in [1.807, 2.05) is 30.3 Å². The number of rotatable bonds is 18. The van der Waals surface area contributed by atoms with E-state index in [1.54, 1.807) is 0 Å². The molecule has 0 aliphatic rings. The SMILES string of the molecule is CCCCCCCCC(=O)N[C@@H](Cc1ccccc1)C(=O)CCCCCCCC. The summed E-state index contributed by atoms with van der Waals surface area (Å²) in [6.45, 7) is 4.42. The molecule has 1 aromatic carbocycles. The average Bonchev–Trinajstić information content (AvgIpc) is 2.73. The van der Waals surface area contributed by atoms with E-state index < -0.39 is 0 Å². The number of carbonyl (C=O) groups excluding carboxylic acids is 2. The van der Waals surface area contributed by atoms with E-state index in [-0.39, 0.29) is 17.7 Å². The number of benzene rings is 1. The lowest BCUT2D eigenvalue weighted by Gasteiger charge is -2.18. The smallest absolute Gasteiger partial charge is 0.220 e. The van der Waals surface area contributed by atoms with Crippen molar-refractivity contribution in [1.82, 2.24) is 5.32 Å². The molecule has 0 fully saturated rings. The molecular formula is C26H43NO2. The van der Waals surface area contributed by atoms with Gasteiger partial charge in [-0.2, -0.15) is 0 Å². The fourth-order valence-electron chi connectivity index (χ4n) is 3.68. The fourth-order valence-corrected chi connectivity index (χ4v) is 3.68. The second-order valence-electron chi connectivity index (χ2n) is 8.31. The van der Waals surface area contributed by atoms with Gasteiger partial charge in [0.15, 0.2) is 5.78 Å². The summed E-state index contributed by atoms with van der Waals surface area (Å²) in [5.41, 5.74) is 1.11. The zero-order chi connectivity index (χ0) is 21.2. The van der Waals surface area contributed by atoms with Crippen molar-refractivity contribution in [3.05, 3.63) is 35.9 Å². The molecule has 0 saturated heterocycles. The second kappa shape index (κ2) is 17.2. The second-order valence-corrected chi connectivity index (χ2v) is 8.31. The molecular weight excluding hydrogens is 358 g/mol. The Kier molecular flexibility index (Phi) is 15.1. The lowest BCUT2D eigenvalue weighted by Crippen LogP contribution is -2.42. The van der Waals surface area contributed by atoms with Crippen molar-refractivity contribution in [1.29, 1.82) is 0 Å². The number of amides is 1. The van der Waals surface area contributed by atoms with Crippen LogP contribution in [-0.4, -0.2) is 17.7 Å². The monoisotopic (exact) mass is 401 g/mol. The van der Waals surface area contributed by atoms with Crippen LogP contribution in [0.5, 0.6) is 0 Å². The molecule has 0 radical (unpaired) electrons. The first-order valence-corrected chi connectivity index (χ1v) is 12.0. The first-order chi connectivity index (χ1) is 14.2. The average molecular weight is 402 g/mol. The fraction of sp³-hybridized carbons (Fsp3) is 0.692. The minimum absolute atomic E-state index is 0.0257. The Hall–Kier alpha value is -1.64. The Balaban J connectivity index is 2.44. The van der Waals surface area contributed by atoms with Crippen LogP contribution in [0.3, 0.4) is 0 Å². The van der Waals surface area contributed by atoms with Crippen LogP contribution in [0.2, 0.25) is 0 Å². The van der Waals surface area contributed by atoms with Crippen LogP contribution in [0, 0.1) is 0 Å². The molecule has 0 unspecified atom stereocenters. The van der Waals surface area contributed by atoms with E-state index in [1.165, 1.54) is 51.4 Å². The molecule has 0 heterocycles. The Labute approximate surface area is 179 Å². The van der Waals surface area contributed by atoms with Crippen LogP contribution in [-0.2, 0) is 16.0 Å². The van der Waals surface area contributed by atoms with E-state index in [9.17, 15) is 9.59 Å². The minimum atomic E-state index is -0.388. The van der Waals surface area contributed by atoms with Gasteiger partial charge in [0.2, 0.25) is 5.91 Å². The first-order valence-electron chi connectivity index (χ1n) is 12.0. The summed E-state index contributed by atoms with van der Waals surface area (Å²) in [5, 5.41) is 3.04. The highest BCUT2D eigenvalue weighted by atomic mass is 16.2. The highest BCUT2D eigenvalue weighted by molar-refractivity contribution is 5.89. The summed E-state index contributed by atoms with van der Waals surface area (Å²) in [6, 6.07) is 9.63. The number of hydrogen-bond acceptors (Lipinski definition) is 2. The van der Waals surface area contributed by atoms with Crippen LogP contribution in [0.15, 0.2) is 30.3 Å². The maximum atomic E-state index is 12.8. The van der Waals surface area contributed by atoms with E-state index >= 15 is 0 Å². The highest BCUT2D eigenvalue weighted by Crippen LogP contribution is 2.12. The van der Waals surface area contributed by atoms with Gasteiger partial charge >= 0.3 is 0 Å². The Morgan fingerprint density at radius 2 is 1.24 bits per heavy atom. The molecule has 1 atom stereocenters. The summed E-state index contributed by atoms with van der Waals surface area (Å²) in [7, 11) is 0. The number of unbranched alkanes of at least 4 members (excludes halogenated alkanes) is 10. The molecule has 1 aromatic rings. The van der Waals surface area contributed by atoms with Crippen molar-refractivity contribution >= 4 is 11.7 Å². The topological polar surface area (TPSA) is 46.2 Å². The van der Waals surface area contributed by atoms with Crippen LogP contribution in [0.1, 0.15) is 109 Å². The molecule has 1 amide bonds. The van der Waals surface area contributed by atoms with Gasteiger partial charge in [-0.1, -0.05) is 108 Å². The molecule has 3 heteroatoms. The zero-order valence-corrected chi connectivity index (χ0v) is 18.9. The molecule has 1 N–H and O–H groups in total. The van der Waals surface area contributed by atoms with Gasteiger partial charge in [-0.05, 0) is 24.8 Å². The van der Waals surface area contributed by atoms with Crippen molar-refractivity contribution in [2.24, 2.45) is 0 Å². The summed E-state index contributed by atoms with van der Waals surface area (Å²) in [4.78, 5) is 25.2. The molecule has 164 valence electrons. The van der Waals surface area contributed by atoms with Gasteiger partial charge in [-0.3, -0.25) is 9.59 Å². The Bertz CT molecular complexity index is 541. The van der Waals surface area contributed by atoms with Gasteiger partial charge < -0.3 is 5.32 Å². The number of ketones is 1. The van der Waals surface area contributed by atoms with E-state index in [0.29, 0.717) is 19.3 Å². The van der Waals surface area contributed by atoms with Crippen molar-refractivity contribution in [2.75, 3.05) is 0 Å². The van der Waals surface area contributed by atoms with Gasteiger partial charge in [-0.15, -0.1) is 0 Å². The van der Waals surface area contributed by atoms with Gasteiger partial charge in [0.25, 0.3) is 0 Å². The predicted octanol–water partition coefficient (Wildman–Crippen LogP) is 6.78. The molecule has 0 bridgehead atoms. The van der Waals surface area contributed by atoms with Gasteiger partial charge in [0.1, 0.15) is 0 Å². The zero-order valence-electron chi connectivity index (χ0n) is 18.9. The maximum absolute atomic E-state index is 12.8. The molecule has 0 spiro atoms. The molecule has 29 heavy (non-hydrogen) atoms. The Morgan fingerprint density at radius 1 is 0.724 bits per heavy atom. The van der Waals surface area contributed by atoms with Crippen LogP contribution in [0.25, 0.3) is 0 Å². The summed E-state index contributed by atoms with van der Waals surface area (Å²) in [5.74, 6) is 0.207. The number of carbonyl (C=O) groups is 2. The van der Waals surface area contributed by atoms with Crippen LogP contribution < -0.4 is 5.32 Å². The van der Waals surface area contributed by atoms with Gasteiger partial charge in [0, 0.05) is 12.8 Å². The number of hydrogen-bond donors (Lipinski definition) is 1. The maximum Gasteiger partial charge on any atom is 0.220 e. The minimum Gasteiger partial charge on any atom is -0.346 e. The first kappa shape index (κ1) is 25.4. The summed E-state index contributed by atoms with van der Waals surface area (Å²) < 4.78 is 0. The largest absolute Gasteiger partial charge is 0.346 e. The van der Waals surface area contributed by atoms with E-state index in [4.69, 9.17) is 0 Å². The Morgan fingerprint density at radius 3 is 1.83 bits per heavy atom. The third-order valence-electron chi connectivity index (χ3n) is 5.54. The van der Waals surface area contributed by atoms with E-state index in [0.717, 1.165) is 31.2 Å². The quantitative estimate of drug-likeness (QED) is 0.275. The van der Waals surface area contributed by atoms with Crippen LogP contribution in [0.4, 0.5) is 0 Å². The van der Waals surface area contributed by atoms with Crippen molar-refractivity contribution < 1.29 is 9.59 Å². The molecule has 3 nitrogen and oxygen atoms in total. The molecule has 0 aliphatic carbocycles. The normalized spacial score (nSPS) is 11.9. The third-order valence-corrected chi connectivity index (χ3v) is 5.54. The predicted molar refractivity (Wildman–Crippen MR) is 123 cm³/mol. The van der Waals surface area contributed by atoms with Crippen LogP contribution >= 0.6 is 0 Å². The number of Topliss-reactive ketones (excluding diaryl/α,β-unsaturated/α-hetero) is 1. The lowest BCUT2D eigenvalue weighted by molar-refractivity contribution is -0.128. The highest BCUT2D eigenvalue weighted by Gasteiger charge is 2.20. The summed E-state index contributed by atoms with van der Waals surface area (Å²) >= 11 is 0. The number of nitrogens with one attached hydrogen (secondary N) is 1. The molecule has 0 saturated carbocycles. The van der Waals surface area contributed by atoms with Crippen molar-refractivity contribution in [2.45, 2.75) is 116 Å². The lowest BCUT2D eigenvalue weighted by atomic mass is 9.98. The van der Waals surface area contributed by atoms with Crippen molar-refractivity contribution in [3.63, 3.8) is 0 Å². The summed E-state index contributed by atoms with van der Waals surface area (Å²) in [6.07, 6.45) is 15.7. The molecule has 1 rings (SSSR count). The van der Waals surface area contributed by atoms with Gasteiger partial charge in [-0.25, -0.2) is 0 Å². The van der Waals surface area contributed by atoms with Gasteiger partial charge in [0.05, 0.1) is 6.04 Å². The third kappa shape index (κ3) is 13.2. The standard InChI is InChI=1S/C26H43NO2/c1-3-5-7-9-11-16-20-25(28)24(22-23-18-14-13-15-19-23)27-26(29)21-17-12-10-8-6-4-2/h13-15,18-19,24H,3-12,16-17,20-22H2,1-2H3,(H,27,29)/t24-/m0/s1.